The number of benzene rings is 1. The Labute approximate surface area is 155 Å². The van der Waals surface area contributed by atoms with Crippen molar-refractivity contribution in [3.63, 3.8) is 0 Å². The van der Waals surface area contributed by atoms with E-state index in [0.717, 1.165) is 12.2 Å². The number of unbranched alkanes of at least 4 members (excludes halogenated alkanes) is 1. The maximum absolute atomic E-state index is 12.9. The molecular weight excluding hydrogens is 355 g/mol. The lowest BCUT2D eigenvalue weighted by molar-refractivity contribution is -0.132. The summed E-state index contributed by atoms with van der Waals surface area (Å²) in [7, 11) is -2.94. The fourth-order valence-corrected chi connectivity index (χ4v) is 6.09. The first kappa shape index (κ1) is 22.0. The van der Waals surface area contributed by atoms with Gasteiger partial charge in [-0.15, -0.1) is 11.8 Å². The van der Waals surface area contributed by atoms with Crippen LogP contribution in [0.3, 0.4) is 0 Å². The number of hydrogen-bond acceptors (Lipinski definition) is 4. The average molecular weight is 384 g/mol. The highest BCUT2D eigenvalue weighted by Gasteiger charge is 2.27. The molecule has 6 heteroatoms. The fraction of sp³-hybridized carbons (Fsp3) is 0.526. The van der Waals surface area contributed by atoms with Gasteiger partial charge in [0.1, 0.15) is 0 Å². The van der Waals surface area contributed by atoms with E-state index >= 15 is 0 Å². The van der Waals surface area contributed by atoms with Crippen LogP contribution in [0, 0.1) is 5.92 Å². The molecule has 0 saturated heterocycles. The van der Waals surface area contributed by atoms with Crippen molar-refractivity contribution in [1.29, 1.82) is 0 Å². The molecule has 140 valence electrons. The Bertz CT molecular complexity index is 599. The zero-order valence-electron chi connectivity index (χ0n) is 15.3. The van der Waals surface area contributed by atoms with Crippen molar-refractivity contribution in [3.8, 4) is 0 Å². The number of aliphatic carboxylic acids is 1. The minimum atomic E-state index is -2.94. The van der Waals surface area contributed by atoms with Gasteiger partial charge in [0, 0.05) is 16.6 Å². The van der Waals surface area contributed by atoms with Gasteiger partial charge in [-0.2, -0.15) is 0 Å². The number of hydrogen-bond donors (Lipinski definition) is 1. The van der Waals surface area contributed by atoms with Crippen molar-refractivity contribution >= 4 is 25.1 Å². The number of carbonyl (C=O) groups is 1. The Balaban J connectivity index is 2.57. The lowest BCUT2D eigenvalue weighted by atomic mass is 10.2. The van der Waals surface area contributed by atoms with Crippen molar-refractivity contribution in [1.82, 2.24) is 0 Å². The Morgan fingerprint density at radius 2 is 2.00 bits per heavy atom. The first-order chi connectivity index (χ1) is 11.9. The van der Waals surface area contributed by atoms with Gasteiger partial charge in [-0.3, -0.25) is 4.57 Å². The summed E-state index contributed by atoms with van der Waals surface area (Å²) in [6, 6.07) is 10.1. The van der Waals surface area contributed by atoms with Gasteiger partial charge in [0.15, 0.2) is 0 Å². The smallest absolute Gasteiger partial charge is 0.331 e. The van der Waals surface area contributed by atoms with Crippen LogP contribution in [-0.4, -0.2) is 35.8 Å². The van der Waals surface area contributed by atoms with Gasteiger partial charge in [0.25, 0.3) is 0 Å². The maximum Gasteiger partial charge on any atom is 0.331 e. The molecule has 0 aliphatic carbocycles. The zero-order chi connectivity index (χ0) is 18.7. The monoisotopic (exact) mass is 384 g/mol. The van der Waals surface area contributed by atoms with E-state index in [2.05, 4.69) is 12.1 Å². The third-order valence-electron chi connectivity index (χ3n) is 3.44. The molecule has 0 heterocycles. The van der Waals surface area contributed by atoms with E-state index in [1.54, 1.807) is 24.8 Å². The highest BCUT2D eigenvalue weighted by atomic mass is 32.2. The van der Waals surface area contributed by atoms with Crippen molar-refractivity contribution in [2.45, 2.75) is 38.5 Å². The molecule has 1 N–H and O–H groups in total. The summed E-state index contributed by atoms with van der Waals surface area (Å²) in [5, 5.41) is 9.42. The SMILES string of the molecule is CCOP(=O)(CC(=CCCCSc1ccccc1)C(=O)O)CC(C)C. The summed E-state index contributed by atoms with van der Waals surface area (Å²) >= 11 is 1.75. The molecule has 0 aliphatic heterocycles. The molecule has 0 aromatic heterocycles. The van der Waals surface area contributed by atoms with Gasteiger partial charge < -0.3 is 9.63 Å². The topological polar surface area (TPSA) is 63.6 Å². The predicted octanol–water partition coefficient (Wildman–Crippen LogP) is 5.54. The van der Waals surface area contributed by atoms with E-state index in [-0.39, 0.29) is 17.7 Å². The van der Waals surface area contributed by atoms with Crippen LogP contribution in [0.2, 0.25) is 0 Å². The highest BCUT2D eigenvalue weighted by molar-refractivity contribution is 7.99. The van der Waals surface area contributed by atoms with Crippen molar-refractivity contribution in [3.05, 3.63) is 42.0 Å². The van der Waals surface area contributed by atoms with Crippen molar-refractivity contribution in [2.24, 2.45) is 5.92 Å². The van der Waals surface area contributed by atoms with Gasteiger partial charge in [0.05, 0.1) is 12.8 Å². The van der Waals surface area contributed by atoms with Gasteiger partial charge in [-0.25, -0.2) is 4.79 Å². The molecule has 1 aromatic rings. The second kappa shape index (κ2) is 11.6. The lowest BCUT2D eigenvalue weighted by Crippen LogP contribution is -2.12. The van der Waals surface area contributed by atoms with Crippen molar-refractivity contribution < 1.29 is 19.0 Å². The molecular formula is C19H29O4PS. The molecule has 0 fully saturated rings. The minimum absolute atomic E-state index is 0.0141. The molecule has 1 unspecified atom stereocenters. The van der Waals surface area contributed by atoms with E-state index in [1.807, 2.05) is 32.0 Å². The second-order valence-corrected chi connectivity index (χ2v) is 10.0. The number of thioether (sulfide) groups is 1. The van der Waals surface area contributed by atoms with E-state index in [9.17, 15) is 14.5 Å². The second-order valence-electron chi connectivity index (χ2n) is 6.31. The Morgan fingerprint density at radius 1 is 1.32 bits per heavy atom. The Hall–Kier alpha value is -1.03. The van der Waals surface area contributed by atoms with E-state index in [1.165, 1.54) is 4.90 Å². The van der Waals surface area contributed by atoms with Gasteiger partial charge in [-0.1, -0.05) is 38.1 Å². The van der Waals surface area contributed by atoms with Crippen LogP contribution >= 0.6 is 19.1 Å². The summed E-state index contributed by atoms with van der Waals surface area (Å²) in [5.74, 6) is 0.122. The molecule has 1 aromatic carbocycles. The van der Waals surface area contributed by atoms with Crippen molar-refractivity contribution in [2.75, 3.05) is 24.7 Å². The normalized spacial score (nSPS) is 14.5. The zero-order valence-corrected chi connectivity index (χ0v) is 17.0. The Kier molecular flexibility index (Phi) is 10.2. The van der Waals surface area contributed by atoms with Gasteiger partial charge >= 0.3 is 5.97 Å². The largest absolute Gasteiger partial charge is 0.478 e. The molecule has 0 saturated carbocycles. The third kappa shape index (κ3) is 9.29. The third-order valence-corrected chi connectivity index (χ3v) is 7.38. The van der Waals surface area contributed by atoms with Crippen LogP contribution < -0.4 is 0 Å². The maximum atomic E-state index is 12.9. The van der Waals surface area contributed by atoms with Gasteiger partial charge in [-0.05, 0) is 43.6 Å². The Morgan fingerprint density at radius 3 is 2.56 bits per heavy atom. The fourth-order valence-electron chi connectivity index (χ4n) is 2.50. The first-order valence-electron chi connectivity index (χ1n) is 8.69. The summed E-state index contributed by atoms with van der Waals surface area (Å²) in [5.41, 5.74) is 0.210. The van der Waals surface area contributed by atoms with Crippen LogP contribution in [0.1, 0.15) is 33.6 Å². The predicted molar refractivity (Wildman–Crippen MR) is 106 cm³/mol. The van der Waals surface area contributed by atoms with E-state index in [4.69, 9.17) is 4.52 Å². The summed E-state index contributed by atoms with van der Waals surface area (Å²) < 4.78 is 18.3. The molecule has 4 nitrogen and oxygen atoms in total. The lowest BCUT2D eigenvalue weighted by Gasteiger charge is -2.20. The molecule has 1 atom stereocenters. The van der Waals surface area contributed by atoms with E-state index in [0.29, 0.717) is 19.2 Å². The summed E-state index contributed by atoms with van der Waals surface area (Å²) in [6.45, 7) is 6.07. The molecule has 25 heavy (non-hydrogen) atoms. The van der Waals surface area contributed by atoms with Crippen LogP contribution in [0.4, 0.5) is 0 Å². The molecule has 0 spiro atoms. The van der Waals surface area contributed by atoms with Gasteiger partial charge in [0.2, 0.25) is 7.37 Å². The van der Waals surface area contributed by atoms with Crippen LogP contribution in [0.15, 0.2) is 46.9 Å². The van der Waals surface area contributed by atoms with E-state index < -0.39 is 13.3 Å². The number of carboxylic acids is 1. The number of rotatable bonds is 12. The minimum Gasteiger partial charge on any atom is -0.478 e. The summed E-state index contributed by atoms with van der Waals surface area (Å²) in [6.07, 6.45) is 3.67. The van der Waals surface area contributed by atoms with Crippen LogP contribution in [0.5, 0.6) is 0 Å². The first-order valence-corrected chi connectivity index (χ1v) is 11.7. The summed E-state index contributed by atoms with van der Waals surface area (Å²) in [4.78, 5) is 12.7. The molecule has 0 bridgehead atoms. The number of carboxylic acid groups (broad SMARTS) is 1. The van der Waals surface area contributed by atoms with Crippen LogP contribution in [0.25, 0.3) is 0 Å². The average Bonchev–Trinajstić information content (AvgIpc) is 2.53. The molecule has 0 amide bonds. The quantitative estimate of drug-likeness (QED) is 0.222. The highest BCUT2D eigenvalue weighted by Crippen LogP contribution is 2.50. The standard InChI is InChI=1S/C19H29O4PS/c1-4-23-24(22,14-16(2)3)15-17(19(20)21)10-8-9-13-25-18-11-6-5-7-12-18/h5-7,10-12,16H,4,8-9,13-15H2,1-3H3,(H,20,21). The molecule has 0 radical (unpaired) electrons. The number of allylic oxidation sites excluding steroid dienone is 1. The molecule has 0 aliphatic rings. The van der Waals surface area contributed by atoms with Crippen LogP contribution in [-0.2, 0) is 13.9 Å². The molecule has 1 rings (SSSR count).